The topological polar surface area (TPSA) is 92.9 Å². The second-order valence-electron chi connectivity index (χ2n) is 4.46. The van der Waals surface area contributed by atoms with Crippen molar-refractivity contribution in [3.8, 4) is 0 Å². The van der Waals surface area contributed by atoms with Crippen molar-refractivity contribution >= 4 is 11.7 Å². The molecule has 1 aromatic rings. The Morgan fingerprint density at radius 2 is 2.05 bits per heavy atom. The van der Waals surface area contributed by atoms with E-state index >= 15 is 0 Å². The van der Waals surface area contributed by atoms with Gasteiger partial charge in [0.05, 0.1) is 11.6 Å². The molecule has 1 amide bonds. The van der Waals surface area contributed by atoms with Gasteiger partial charge in [-0.3, -0.25) is 9.78 Å². The summed E-state index contributed by atoms with van der Waals surface area (Å²) in [6, 6.07) is 0. The van der Waals surface area contributed by atoms with Crippen molar-refractivity contribution in [1.29, 1.82) is 0 Å². The number of amides is 1. The highest BCUT2D eigenvalue weighted by molar-refractivity contribution is 5.82. The van der Waals surface area contributed by atoms with Crippen LogP contribution < -0.4 is 16.4 Å². The summed E-state index contributed by atoms with van der Waals surface area (Å²) in [7, 11) is 0. The van der Waals surface area contributed by atoms with E-state index < -0.39 is 5.41 Å². The summed E-state index contributed by atoms with van der Waals surface area (Å²) in [4.78, 5) is 20.2. The predicted molar refractivity (Wildman–Crippen MR) is 75.6 cm³/mol. The van der Waals surface area contributed by atoms with E-state index in [2.05, 4.69) is 20.6 Å². The van der Waals surface area contributed by atoms with E-state index in [4.69, 9.17) is 5.73 Å². The zero-order valence-corrected chi connectivity index (χ0v) is 11.6. The van der Waals surface area contributed by atoms with Gasteiger partial charge in [0.1, 0.15) is 5.82 Å². The lowest BCUT2D eigenvalue weighted by Gasteiger charge is -2.28. The molecule has 0 saturated carbocycles. The molecule has 1 aromatic heterocycles. The van der Waals surface area contributed by atoms with Gasteiger partial charge in [0.25, 0.3) is 0 Å². The molecule has 0 bridgehead atoms. The molecule has 0 aliphatic carbocycles. The Bertz CT molecular complexity index is 370. The van der Waals surface area contributed by atoms with Gasteiger partial charge in [-0.25, -0.2) is 4.98 Å². The van der Waals surface area contributed by atoms with Crippen LogP contribution >= 0.6 is 0 Å². The van der Waals surface area contributed by atoms with Crippen LogP contribution in [0.3, 0.4) is 0 Å². The molecule has 4 N–H and O–H groups in total. The Balaban J connectivity index is 2.34. The number of anilines is 1. The maximum absolute atomic E-state index is 12.1. The summed E-state index contributed by atoms with van der Waals surface area (Å²) in [5.41, 5.74) is 5.29. The number of hydrogen-bond acceptors (Lipinski definition) is 5. The van der Waals surface area contributed by atoms with Crippen LogP contribution in [0.4, 0.5) is 5.82 Å². The Hall–Kier alpha value is -1.69. The highest BCUT2D eigenvalue weighted by atomic mass is 16.2. The van der Waals surface area contributed by atoms with Crippen LogP contribution in [0.1, 0.15) is 26.7 Å². The maximum Gasteiger partial charge on any atom is 0.227 e. The van der Waals surface area contributed by atoms with Gasteiger partial charge in [0, 0.05) is 32.0 Å². The first kappa shape index (κ1) is 15.4. The zero-order chi connectivity index (χ0) is 14.1. The average Bonchev–Trinajstić information content (AvgIpc) is 2.47. The quantitative estimate of drug-likeness (QED) is 0.604. The van der Waals surface area contributed by atoms with E-state index in [0.717, 1.165) is 12.8 Å². The van der Waals surface area contributed by atoms with Crippen LogP contribution in [0, 0.1) is 5.41 Å². The Labute approximate surface area is 114 Å². The second kappa shape index (κ2) is 7.68. The van der Waals surface area contributed by atoms with Gasteiger partial charge in [0.2, 0.25) is 5.91 Å². The summed E-state index contributed by atoms with van der Waals surface area (Å²) in [6.45, 7) is 5.51. The van der Waals surface area contributed by atoms with E-state index in [0.29, 0.717) is 25.5 Å². The van der Waals surface area contributed by atoms with Crippen molar-refractivity contribution in [2.24, 2.45) is 11.1 Å². The summed E-state index contributed by atoms with van der Waals surface area (Å²) in [5.74, 6) is 0.730. The monoisotopic (exact) mass is 265 g/mol. The normalized spacial score (nSPS) is 11.1. The Kier molecular flexibility index (Phi) is 6.21. The highest BCUT2D eigenvalue weighted by Gasteiger charge is 2.32. The van der Waals surface area contributed by atoms with Gasteiger partial charge in [-0.15, -0.1) is 0 Å². The number of nitrogens with one attached hydrogen (secondary N) is 2. The van der Waals surface area contributed by atoms with Gasteiger partial charge in [-0.05, 0) is 12.8 Å². The van der Waals surface area contributed by atoms with Crippen molar-refractivity contribution in [2.45, 2.75) is 26.7 Å². The van der Waals surface area contributed by atoms with Crippen molar-refractivity contribution in [3.05, 3.63) is 18.6 Å². The fourth-order valence-corrected chi connectivity index (χ4v) is 1.90. The lowest BCUT2D eigenvalue weighted by Crippen LogP contribution is -2.46. The minimum Gasteiger partial charge on any atom is -0.367 e. The van der Waals surface area contributed by atoms with Crippen molar-refractivity contribution < 1.29 is 4.79 Å². The van der Waals surface area contributed by atoms with Crippen LogP contribution in [-0.4, -0.2) is 35.5 Å². The number of nitrogens with two attached hydrogens (primary N) is 1. The summed E-state index contributed by atoms with van der Waals surface area (Å²) >= 11 is 0. The number of carbonyl (C=O) groups excluding carboxylic acids is 1. The third kappa shape index (κ3) is 4.17. The first-order valence-corrected chi connectivity index (χ1v) is 6.66. The molecule has 1 heterocycles. The van der Waals surface area contributed by atoms with Gasteiger partial charge < -0.3 is 16.4 Å². The van der Waals surface area contributed by atoms with Gasteiger partial charge in [0.15, 0.2) is 0 Å². The first-order chi connectivity index (χ1) is 9.18. The Morgan fingerprint density at radius 1 is 1.32 bits per heavy atom. The molecule has 0 radical (unpaired) electrons. The molecule has 0 aromatic carbocycles. The molecule has 0 unspecified atom stereocenters. The van der Waals surface area contributed by atoms with Crippen LogP contribution in [0.25, 0.3) is 0 Å². The fourth-order valence-electron chi connectivity index (χ4n) is 1.90. The number of rotatable bonds is 8. The Morgan fingerprint density at radius 3 is 2.58 bits per heavy atom. The number of nitrogens with zero attached hydrogens (tertiary/aromatic N) is 2. The molecule has 6 heteroatoms. The van der Waals surface area contributed by atoms with E-state index in [1.807, 2.05) is 13.8 Å². The molecule has 0 aliphatic heterocycles. The number of hydrogen-bond donors (Lipinski definition) is 3. The number of carbonyl (C=O) groups is 1. The van der Waals surface area contributed by atoms with E-state index in [1.165, 1.54) is 0 Å². The molecule has 1 rings (SSSR count). The summed E-state index contributed by atoms with van der Waals surface area (Å²) in [5, 5.41) is 6.00. The molecule has 0 spiro atoms. The molecule has 106 valence electrons. The van der Waals surface area contributed by atoms with Crippen LogP contribution in [0.15, 0.2) is 18.6 Å². The summed E-state index contributed by atoms with van der Waals surface area (Å²) in [6.07, 6.45) is 6.39. The lowest BCUT2D eigenvalue weighted by atomic mass is 9.81. The predicted octanol–water partition coefficient (Wildman–Crippen LogP) is 0.770. The van der Waals surface area contributed by atoms with Crippen LogP contribution in [0.5, 0.6) is 0 Å². The number of aromatic nitrogens is 2. The molecular formula is C13H23N5O. The molecular weight excluding hydrogens is 242 g/mol. The third-order valence-corrected chi connectivity index (χ3v) is 3.51. The minimum atomic E-state index is -0.438. The average molecular weight is 265 g/mol. The van der Waals surface area contributed by atoms with Crippen molar-refractivity contribution in [2.75, 3.05) is 25.0 Å². The first-order valence-electron chi connectivity index (χ1n) is 6.66. The van der Waals surface area contributed by atoms with Gasteiger partial charge >= 0.3 is 0 Å². The van der Waals surface area contributed by atoms with Crippen LogP contribution in [0.2, 0.25) is 0 Å². The van der Waals surface area contributed by atoms with Crippen LogP contribution in [-0.2, 0) is 4.79 Å². The van der Waals surface area contributed by atoms with Crippen molar-refractivity contribution in [3.63, 3.8) is 0 Å². The van der Waals surface area contributed by atoms with E-state index in [1.54, 1.807) is 18.6 Å². The molecule has 0 atom stereocenters. The molecule has 0 saturated heterocycles. The molecule has 0 aliphatic rings. The highest BCUT2D eigenvalue weighted by Crippen LogP contribution is 2.24. The third-order valence-electron chi connectivity index (χ3n) is 3.51. The largest absolute Gasteiger partial charge is 0.367 e. The molecule has 6 nitrogen and oxygen atoms in total. The fraction of sp³-hybridized carbons (Fsp3) is 0.615. The molecule has 19 heavy (non-hydrogen) atoms. The zero-order valence-electron chi connectivity index (χ0n) is 11.6. The minimum absolute atomic E-state index is 0.0287. The van der Waals surface area contributed by atoms with E-state index in [9.17, 15) is 4.79 Å². The lowest BCUT2D eigenvalue weighted by molar-refractivity contribution is -0.130. The van der Waals surface area contributed by atoms with E-state index in [-0.39, 0.29) is 5.91 Å². The maximum atomic E-state index is 12.1. The summed E-state index contributed by atoms with van der Waals surface area (Å²) < 4.78 is 0. The SMILES string of the molecule is CCC(CC)(CN)C(=O)NCCNc1cnccn1. The van der Waals surface area contributed by atoms with Crippen molar-refractivity contribution in [1.82, 2.24) is 15.3 Å². The van der Waals surface area contributed by atoms with Gasteiger partial charge in [-0.1, -0.05) is 13.8 Å². The standard InChI is InChI=1S/C13H23N5O/c1-3-13(4-2,10-14)12(19)18-8-7-17-11-9-15-5-6-16-11/h5-6,9H,3-4,7-8,10,14H2,1-2H3,(H,16,17)(H,18,19). The second-order valence-corrected chi connectivity index (χ2v) is 4.46. The van der Waals surface area contributed by atoms with Gasteiger partial charge in [-0.2, -0.15) is 0 Å². The molecule has 0 fully saturated rings. The smallest absolute Gasteiger partial charge is 0.227 e.